The van der Waals surface area contributed by atoms with Gasteiger partial charge in [-0.2, -0.15) is 0 Å². The van der Waals surface area contributed by atoms with Gasteiger partial charge in [-0.1, -0.05) is 48.5 Å². The standard InChI is InChI=1S/C21H21NO4/c23-20-17-11-5-4-10-16(17)18(21(24)25)19(14-7-2-1-3-8-14)22(20)13-15-9-6-12-26-15/h1-5,7-8,10-11,15,18-19H,6,9,12-13H2,(H,24,25)/t15-,18+,19-/m1/s1. The van der Waals surface area contributed by atoms with Crippen LogP contribution in [-0.4, -0.2) is 41.1 Å². The summed E-state index contributed by atoms with van der Waals surface area (Å²) in [5, 5.41) is 10.0. The van der Waals surface area contributed by atoms with Gasteiger partial charge in [0.15, 0.2) is 0 Å². The number of hydrogen-bond donors (Lipinski definition) is 1. The van der Waals surface area contributed by atoms with E-state index in [4.69, 9.17) is 4.74 Å². The average molecular weight is 351 g/mol. The van der Waals surface area contributed by atoms with E-state index in [2.05, 4.69) is 0 Å². The van der Waals surface area contributed by atoms with Gasteiger partial charge < -0.3 is 14.7 Å². The van der Waals surface area contributed by atoms with Gasteiger partial charge in [0, 0.05) is 18.7 Å². The summed E-state index contributed by atoms with van der Waals surface area (Å²) in [6.07, 6.45) is 1.83. The van der Waals surface area contributed by atoms with Crippen molar-refractivity contribution >= 4 is 11.9 Å². The molecular weight excluding hydrogens is 330 g/mol. The monoisotopic (exact) mass is 351 g/mol. The number of carboxylic acid groups (broad SMARTS) is 1. The first kappa shape index (κ1) is 16.8. The first-order valence-corrected chi connectivity index (χ1v) is 8.96. The van der Waals surface area contributed by atoms with Gasteiger partial charge in [0.05, 0.1) is 12.1 Å². The Morgan fingerprint density at radius 1 is 1.12 bits per heavy atom. The predicted octanol–water partition coefficient (Wildman–Crippen LogP) is 3.23. The molecule has 0 unspecified atom stereocenters. The third-order valence-corrected chi connectivity index (χ3v) is 5.27. The lowest BCUT2D eigenvalue weighted by Crippen LogP contribution is -2.47. The number of ether oxygens (including phenoxy) is 1. The summed E-state index contributed by atoms with van der Waals surface area (Å²) in [5.41, 5.74) is 1.90. The van der Waals surface area contributed by atoms with Gasteiger partial charge in [0.1, 0.15) is 5.92 Å². The highest BCUT2D eigenvalue weighted by atomic mass is 16.5. The number of nitrogens with zero attached hydrogens (tertiary/aromatic N) is 1. The van der Waals surface area contributed by atoms with Crippen LogP contribution in [0.25, 0.3) is 0 Å². The van der Waals surface area contributed by atoms with Crippen LogP contribution >= 0.6 is 0 Å². The van der Waals surface area contributed by atoms with Gasteiger partial charge in [-0.3, -0.25) is 9.59 Å². The third-order valence-electron chi connectivity index (χ3n) is 5.27. The Morgan fingerprint density at radius 3 is 2.54 bits per heavy atom. The summed E-state index contributed by atoms with van der Waals surface area (Å²) < 4.78 is 5.73. The summed E-state index contributed by atoms with van der Waals surface area (Å²) in [7, 11) is 0. The first-order valence-electron chi connectivity index (χ1n) is 8.96. The van der Waals surface area contributed by atoms with Crippen molar-refractivity contribution in [3.63, 3.8) is 0 Å². The van der Waals surface area contributed by atoms with E-state index in [1.54, 1.807) is 29.2 Å². The molecule has 0 saturated carbocycles. The van der Waals surface area contributed by atoms with Crippen molar-refractivity contribution in [3.8, 4) is 0 Å². The van der Waals surface area contributed by atoms with Gasteiger partial charge >= 0.3 is 5.97 Å². The number of aliphatic carboxylic acids is 1. The lowest BCUT2D eigenvalue weighted by atomic mass is 9.79. The number of hydrogen-bond acceptors (Lipinski definition) is 3. The number of carbonyl (C=O) groups is 2. The number of fused-ring (bicyclic) bond motifs is 1. The molecule has 3 atom stereocenters. The molecule has 2 aliphatic rings. The van der Waals surface area contributed by atoms with Gasteiger partial charge in [0.2, 0.25) is 0 Å². The van der Waals surface area contributed by atoms with Crippen LogP contribution in [0.5, 0.6) is 0 Å². The molecule has 0 aliphatic carbocycles. The third kappa shape index (κ3) is 2.88. The topological polar surface area (TPSA) is 66.8 Å². The molecule has 26 heavy (non-hydrogen) atoms. The molecule has 134 valence electrons. The Labute approximate surface area is 152 Å². The van der Waals surface area contributed by atoms with Crippen LogP contribution in [0.3, 0.4) is 0 Å². The summed E-state index contributed by atoms with van der Waals surface area (Å²) >= 11 is 0. The van der Waals surface area contributed by atoms with Crippen LogP contribution in [-0.2, 0) is 9.53 Å². The van der Waals surface area contributed by atoms with E-state index in [0.717, 1.165) is 18.4 Å². The Hall–Kier alpha value is -2.66. The molecule has 5 heteroatoms. The van der Waals surface area contributed by atoms with Crippen LogP contribution < -0.4 is 0 Å². The maximum absolute atomic E-state index is 13.2. The summed E-state index contributed by atoms with van der Waals surface area (Å²) in [6.45, 7) is 1.11. The normalized spacial score (nSPS) is 25.2. The lowest BCUT2D eigenvalue weighted by Gasteiger charge is -2.41. The van der Waals surface area contributed by atoms with Crippen molar-refractivity contribution in [1.82, 2.24) is 4.90 Å². The van der Waals surface area contributed by atoms with Crippen molar-refractivity contribution in [2.24, 2.45) is 0 Å². The number of carbonyl (C=O) groups excluding carboxylic acids is 1. The lowest BCUT2D eigenvalue weighted by molar-refractivity contribution is -0.140. The molecule has 0 bridgehead atoms. The number of rotatable bonds is 4. The fourth-order valence-corrected chi connectivity index (χ4v) is 4.09. The van der Waals surface area contributed by atoms with E-state index in [0.29, 0.717) is 24.3 Å². The zero-order valence-corrected chi connectivity index (χ0v) is 14.4. The largest absolute Gasteiger partial charge is 0.481 e. The second-order valence-electron chi connectivity index (χ2n) is 6.85. The highest BCUT2D eigenvalue weighted by Crippen LogP contribution is 2.43. The van der Waals surface area contributed by atoms with Crippen molar-refractivity contribution in [2.75, 3.05) is 13.2 Å². The molecule has 0 radical (unpaired) electrons. The van der Waals surface area contributed by atoms with Crippen LogP contribution in [0.4, 0.5) is 0 Å². The number of benzene rings is 2. The van der Waals surface area contributed by atoms with Gasteiger partial charge in [-0.05, 0) is 30.0 Å². The molecule has 1 N–H and O–H groups in total. The summed E-state index contributed by atoms with van der Waals surface area (Å²) in [6, 6.07) is 15.9. The smallest absolute Gasteiger partial charge is 0.313 e. The van der Waals surface area contributed by atoms with E-state index < -0.39 is 17.9 Å². The van der Waals surface area contributed by atoms with Crippen LogP contribution in [0.2, 0.25) is 0 Å². The minimum atomic E-state index is -0.920. The Kier molecular flexibility index (Phi) is 4.47. The van der Waals surface area contributed by atoms with Crippen LogP contribution in [0.15, 0.2) is 54.6 Å². The van der Waals surface area contributed by atoms with Crippen molar-refractivity contribution in [1.29, 1.82) is 0 Å². The predicted molar refractivity (Wildman–Crippen MR) is 96.0 cm³/mol. The van der Waals surface area contributed by atoms with Crippen LogP contribution in [0.1, 0.15) is 46.3 Å². The molecule has 2 aromatic rings. The molecule has 5 nitrogen and oxygen atoms in total. The summed E-state index contributed by atoms with van der Waals surface area (Å²) in [4.78, 5) is 27.2. The Balaban J connectivity index is 1.83. The van der Waals surface area contributed by atoms with Gasteiger partial charge in [-0.15, -0.1) is 0 Å². The number of amides is 1. The molecule has 2 heterocycles. The highest BCUT2D eigenvalue weighted by molar-refractivity contribution is 6.00. The second-order valence-corrected chi connectivity index (χ2v) is 6.85. The van der Waals surface area contributed by atoms with Gasteiger partial charge in [0.25, 0.3) is 5.91 Å². The molecule has 4 rings (SSSR count). The zero-order chi connectivity index (χ0) is 18.1. The van der Waals surface area contributed by atoms with E-state index in [1.165, 1.54) is 0 Å². The Morgan fingerprint density at radius 2 is 1.85 bits per heavy atom. The molecule has 0 aromatic heterocycles. The minimum absolute atomic E-state index is 0.0372. The second kappa shape index (κ2) is 6.92. The van der Waals surface area contributed by atoms with E-state index in [1.807, 2.05) is 30.3 Å². The molecule has 1 saturated heterocycles. The minimum Gasteiger partial charge on any atom is -0.481 e. The maximum atomic E-state index is 13.2. The Bertz CT molecular complexity index is 814. The van der Waals surface area contributed by atoms with Gasteiger partial charge in [-0.25, -0.2) is 0 Å². The van der Waals surface area contributed by atoms with Crippen LogP contribution in [0, 0.1) is 0 Å². The van der Waals surface area contributed by atoms with E-state index in [-0.39, 0.29) is 12.0 Å². The fraction of sp³-hybridized carbons (Fsp3) is 0.333. The first-order chi connectivity index (χ1) is 12.7. The molecule has 2 aromatic carbocycles. The SMILES string of the molecule is O=C(O)[C@H]1c2ccccc2C(=O)N(C[C@H]2CCCO2)[C@@H]1c1ccccc1. The molecule has 2 aliphatic heterocycles. The molecule has 1 amide bonds. The molecule has 0 spiro atoms. The van der Waals surface area contributed by atoms with Crippen molar-refractivity contribution < 1.29 is 19.4 Å². The number of carboxylic acids is 1. The fourth-order valence-electron chi connectivity index (χ4n) is 4.09. The van der Waals surface area contributed by atoms with E-state index in [9.17, 15) is 14.7 Å². The van der Waals surface area contributed by atoms with Crippen molar-refractivity contribution in [2.45, 2.75) is 30.9 Å². The van der Waals surface area contributed by atoms with Crippen molar-refractivity contribution in [3.05, 3.63) is 71.3 Å². The zero-order valence-electron chi connectivity index (χ0n) is 14.4. The summed E-state index contributed by atoms with van der Waals surface area (Å²) in [5.74, 6) is -1.84. The maximum Gasteiger partial charge on any atom is 0.313 e. The highest BCUT2D eigenvalue weighted by Gasteiger charge is 2.45. The molecular formula is C21H21NO4. The quantitative estimate of drug-likeness (QED) is 0.918. The average Bonchev–Trinajstić information content (AvgIpc) is 3.17. The molecule has 1 fully saturated rings. The van der Waals surface area contributed by atoms with E-state index >= 15 is 0 Å².